The molecule has 3 N–H and O–H groups in total. The number of aliphatic hydroxyl groups is 2. The van der Waals surface area contributed by atoms with Crippen molar-refractivity contribution in [1.82, 2.24) is 0 Å². The molecule has 0 amide bonds. The summed E-state index contributed by atoms with van der Waals surface area (Å²) in [7, 11) is -4.63. The summed E-state index contributed by atoms with van der Waals surface area (Å²) in [6, 6.07) is 0. The van der Waals surface area contributed by atoms with Crippen LogP contribution in [-0.4, -0.2) is 77.9 Å². The first-order valence-corrected chi connectivity index (χ1v) is 22.6. The van der Waals surface area contributed by atoms with Crippen LogP contribution in [-0.2, 0) is 37.4 Å². The molecule has 1 saturated heterocycles. The Kier molecular flexibility index (Phi) is 32.0. The van der Waals surface area contributed by atoms with Gasteiger partial charge in [0.25, 0.3) is 0 Å². The van der Waals surface area contributed by atoms with Crippen LogP contribution in [0.25, 0.3) is 0 Å². The molecule has 0 aliphatic carbocycles. The molecule has 0 aromatic heterocycles. The second-order valence-corrected chi connectivity index (χ2v) is 15.9. The topological polar surface area (TPSA) is 161 Å². The van der Waals surface area contributed by atoms with Gasteiger partial charge in [0.2, 0.25) is 0 Å². The summed E-state index contributed by atoms with van der Waals surface area (Å²) in [5.41, 5.74) is 0. The van der Waals surface area contributed by atoms with Gasteiger partial charge in [0, 0.05) is 12.8 Å². The normalized spacial score (nSPS) is 18.0. The molecule has 0 bridgehead atoms. The van der Waals surface area contributed by atoms with E-state index in [4.69, 9.17) is 23.8 Å². The van der Waals surface area contributed by atoms with E-state index in [-0.39, 0.29) is 19.4 Å². The second kappa shape index (κ2) is 34.4. The first kappa shape index (κ1) is 50.2. The maximum Gasteiger partial charge on any atom is 0.472 e. The summed E-state index contributed by atoms with van der Waals surface area (Å²) >= 11 is 0. The number of carbonyl (C=O) groups excluding carboxylic acids is 2. The number of epoxide rings is 1. The van der Waals surface area contributed by atoms with Gasteiger partial charge in [-0.25, -0.2) is 4.57 Å². The maximum atomic E-state index is 12.6. The predicted molar refractivity (Wildman–Crippen MR) is 214 cm³/mol. The molecule has 0 spiro atoms. The zero-order chi connectivity index (χ0) is 39.5. The highest BCUT2D eigenvalue weighted by Gasteiger charge is 2.36. The summed E-state index contributed by atoms with van der Waals surface area (Å²) in [5, 5.41) is 18.3. The fraction of sp³-hybridized carbons (Fsp3) is 0.810. The lowest BCUT2D eigenvalue weighted by Crippen LogP contribution is -2.29. The molecule has 0 saturated carbocycles. The Balaban J connectivity index is 2.29. The van der Waals surface area contributed by atoms with Crippen molar-refractivity contribution >= 4 is 19.8 Å². The van der Waals surface area contributed by atoms with Gasteiger partial charge >= 0.3 is 19.8 Å². The van der Waals surface area contributed by atoms with Crippen LogP contribution in [0.4, 0.5) is 0 Å². The summed E-state index contributed by atoms with van der Waals surface area (Å²) < 4.78 is 38.5. The van der Waals surface area contributed by atoms with E-state index in [1.165, 1.54) is 44.9 Å². The minimum absolute atomic E-state index is 0.157. The maximum absolute atomic E-state index is 12.6. The van der Waals surface area contributed by atoms with Crippen molar-refractivity contribution in [3.05, 3.63) is 36.5 Å². The largest absolute Gasteiger partial charge is 0.472 e. The highest BCUT2D eigenvalue weighted by molar-refractivity contribution is 7.47. The Labute approximate surface area is 326 Å². The number of allylic oxidation sites excluding steroid dienone is 5. The van der Waals surface area contributed by atoms with Gasteiger partial charge in [0.15, 0.2) is 6.10 Å². The van der Waals surface area contributed by atoms with Gasteiger partial charge in [-0.05, 0) is 64.2 Å². The van der Waals surface area contributed by atoms with Crippen LogP contribution in [0, 0.1) is 0 Å². The van der Waals surface area contributed by atoms with E-state index < -0.39 is 51.8 Å². The Morgan fingerprint density at radius 1 is 0.667 bits per heavy atom. The summed E-state index contributed by atoms with van der Waals surface area (Å²) in [6.07, 6.45) is 35.5. The molecule has 3 unspecified atom stereocenters. The number of hydrogen-bond acceptors (Lipinski definition) is 10. The lowest BCUT2D eigenvalue weighted by molar-refractivity contribution is -0.161. The van der Waals surface area contributed by atoms with Crippen molar-refractivity contribution in [2.24, 2.45) is 0 Å². The molecule has 1 fully saturated rings. The number of esters is 2. The Morgan fingerprint density at radius 3 is 1.87 bits per heavy atom. The van der Waals surface area contributed by atoms with E-state index in [0.717, 1.165) is 83.5 Å². The van der Waals surface area contributed by atoms with Crippen molar-refractivity contribution < 1.29 is 52.5 Å². The third-order valence-electron chi connectivity index (χ3n) is 9.22. The van der Waals surface area contributed by atoms with Gasteiger partial charge in [0.05, 0.1) is 32.0 Å². The fourth-order valence-electron chi connectivity index (χ4n) is 5.81. The first-order valence-electron chi connectivity index (χ1n) is 21.1. The molecule has 0 aromatic rings. The number of unbranched alkanes of at least 4 members (excludes halogenated alkanes) is 16. The summed E-state index contributed by atoms with van der Waals surface area (Å²) in [4.78, 5) is 35.0. The van der Waals surface area contributed by atoms with Gasteiger partial charge < -0.3 is 29.3 Å². The number of carbonyl (C=O) groups is 2. The van der Waals surface area contributed by atoms with E-state index in [9.17, 15) is 24.2 Å². The number of ether oxygens (including phenoxy) is 3. The Bertz CT molecular complexity index is 1060. The minimum atomic E-state index is -4.63. The zero-order valence-electron chi connectivity index (χ0n) is 33.6. The number of phosphoric ester groups is 1. The quantitative estimate of drug-likeness (QED) is 0.0136. The zero-order valence-corrected chi connectivity index (χ0v) is 34.5. The van der Waals surface area contributed by atoms with Crippen molar-refractivity contribution in [2.45, 2.75) is 192 Å². The van der Waals surface area contributed by atoms with Crippen LogP contribution in [0.3, 0.4) is 0 Å². The molecule has 1 rings (SSSR count). The minimum Gasteiger partial charge on any atom is -0.462 e. The van der Waals surface area contributed by atoms with Crippen molar-refractivity contribution in [3.63, 3.8) is 0 Å². The van der Waals surface area contributed by atoms with Crippen LogP contribution < -0.4 is 0 Å². The van der Waals surface area contributed by atoms with Crippen LogP contribution in [0.1, 0.15) is 168 Å². The lowest BCUT2D eigenvalue weighted by atomic mass is 10.1. The molecule has 0 radical (unpaired) electrons. The smallest absolute Gasteiger partial charge is 0.462 e. The van der Waals surface area contributed by atoms with E-state index in [2.05, 4.69) is 54.8 Å². The monoisotopic (exact) mass is 787 g/mol. The molecule has 314 valence electrons. The number of rotatable bonds is 38. The standard InChI is InChI=1S/C42H75O11P/c1-3-5-7-9-11-12-13-14-15-16-17-18-19-23-27-31-41(45)49-35-38(36-51-54(47,48)50-34-37(44)33-43)52-42(46)32-28-24-20-22-26-30-40-39(53-40)29-25-21-10-8-6-4-2/h12-15,21,25,37-40,43-44H,3-11,16-20,22-24,26-36H2,1-2H3,(H,47,48)/b13-12-,15-14-,25-21-/t37-,38+,39?,40?/m0/s1. The van der Waals surface area contributed by atoms with Crippen molar-refractivity contribution in [2.75, 3.05) is 26.4 Å². The summed E-state index contributed by atoms with van der Waals surface area (Å²) in [5.74, 6) is -0.967. The molecular weight excluding hydrogens is 711 g/mol. The van der Waals surface area contributed by atoms with Gasteiger partial charge in [-0.1, -0.05) is 127 Å². The van der Waals surface area contributed by atoms with Crippen LogP contribution in [0.2, 0.25) is 0 Å². The average Bonchev–Trinajstić information content (AvgIpc) is 3.92. The van der Waals surface area contributed by atoms with E-state index in [1.54, 1.807) is 0 Å². The molecule has 5 atom stereocenters. The molecule has 12 heteroatoms. The van der Waals surface area contributed by atoms with Gasteiger partial charge in [-0.3, -0.25) is 18.6 Å². The van der Waals surface area contributed by atoms with Crippen molar-refractivity contribution in [1.29, 1.82) is 0 Å². The summed E-state index contributed by atoms with van der Waals surface area (Å²) in [6.45, 7) is 2.27. The van der Waals surface area contributed by atoms with Crippen molar-refractivity contribution in [3.8, 4) is 0 Å². The number of hydrogen-bond donors (Lipinski definition) is 3. The van der Waals surface area contributed by atoms with Crippen LogP contribution in [0.15, 0.2) is 36.5 Å². The first-order chi connectivity index (χ1) is 26.2. The highest BCUT2D eigenvalue weighted by atomic mass is 31.2. The van der Waals surface area contributed by atoms with E-state index in [1.807, 2.05) is 0 Å². The fourth-order valence-corrected chi connectivity index (χ4v) is 6.60. The Morgan fingerprint density at radius 2 is 1.20 bits per heavy atom. The third kappa shape index (κ3) is 31.4. The second-order valence-electron chi connectivity index (χ2n) is 14.4. The molecule has 1 heterocycles. The molecule has 0 aromatic carbocycles. The average molecular weight is 787 g/mol. The lowest BCUT2D eigenvalue weighted by Gasteiger charge is -2.20. The van der Waals surface area contributed by atoms with E-state index >= 15 is 0 Å². The molecular formula is C42H75O11P. The van der Waals surface area contributed by atoms with Gasteiger partial charge in [-0.2, -0.15) is 0 Å². The Hall–Kier alpha value is -1.85. The highest BCUT2D eigenvalue weighted by Crippen LogP contribution is 2.43. The van der Waals surface area contributed by atoms with Crippen LogP contribution >= 0.6 is 7.82 Å². The third-order valence-corrected chi connectivity index (χ3v) is 10.2. The number of phosphoric acid groups is 1. The van der Waals surface area contributed by atoms with E-state index in [0.29, 0.717) is 25.0 Å². The van der Waals surface area contributed by atoms with Gasteiger partial charge in [0.1, 0.15) is 12.7 Å². The molecule has 1 aliphatic heterocycles. The molecule has 11 nitrogen and oxygen atoms in total. The molecule has 54 heavy (non-hydrogen) atoms. The molecule has 1 aliphatic rings. The number of aliphatic hydroxyl groups excluding tert-OH is 2. The van der Waals surface area contributed by atoms with Gasteiger partial charge in [-0.15, -0.1) is 0 Å². The van der Waals surface area contributed by atoms with Crippen LogP contribution in [0.5, 0.6) is 0 Å². The SMILES string of the molecule is CCCCC/C=C\CC1OC1CCCCCCCC(=O)O[C@H](COC(=O)CCCCCCC/C=C\C=C/CCCCCC)COP(=O)(O)OC[C@@H](O)CO. The predicted octanol–water partition coefficient (Wildman–Crippen LogP) is 9.77.